The van der Waals surface area contributed by atoms with Crippen LogP contribution in [-0.4, -0.2) is 32.0 Å². The minimum atomic E-state index is -0.270. The smallest absolute Gasteiger partial charge is 0.253 e. The summed E-state index contributed by atoms with van der Waals surface area (Å²) in [6.07, 6.45) is 1.63. The topological polar surface area (TPSA) is 70.2 Å². The quantitative estimate of drug-likeness (QED) is 0.794. The molecule has 0 aliphatic carbocycles. The molecule has 0 radical (unpaired) electrons. The van der Waals surface area contributed by atoms with Crippen molar-refractivity contribution in [1.82, 2.24) is 10.6 Å². The van der Waals surface area contributed by atoms with Crippen LogP contribution in [0.5, 0.6) is 0 Å². The van der Waals surface area contributed by atoms with Crippen molar-refractivity contribution < 1.29 is 9.59 Å². The highest BCUT2D eigenvalue weighted by molar-refractivity contribution is 6.31. The van der Waals surface area contributed by atoms with Crippen LogP contribution in [0.25, 0.3) is 0 Å². The van der Waals surface area contributed by atoms with E-state index in [9.17, 15) is 9.59 Å². The zero-order valence-electron chi connectivity index (χ0n) is 11.3. The number of hydrogen-bond acceptors (Lipinski definition) is 3. The average Bonchev–Trinajstić information content (AvgIpc) is 2.49. The van der Waals surface area contributed by atoms with Crippen molar-refractivity contribution in [1.29, 1.82) is 0 Å². The van der Waals surface area contributed by atoms with Crippen LogP contribution in [0.4, 0.5) is 5.69 Å². The number of hydrogen-bond donors (Lipinski definition) is 3. The first-order valence-electron chi connectivity index (χ1n) is 6.65. The molecule has 20 heavy (non-hydrogen) atoms. The van der Waals surface area contributed by atoms with Gasteiger partial charge in [-0.15, -0.1) is 0 Å². The number of anilines is 1. The largest absolute Gasteiger partial charge is 0.355 e. The number of piperidine rings is 1. The molecule has 1 heterocycles. The molecule has 5 nitrogen and oxygen atoms in total. The van der Waals surface area contributed by atoms with Gasteiger partial charge in [-0.1, -0.05) is 11.6 Å². The Bertz CT molecular complexity index is 513. The maximum Gasteiger partial charge on any atom is 0.253 e. The van der Waals surface area contributed by atoms with E-state index < -0.39 is 0 Å². The lowest BCUT2D eigenvalue weighted by Gasteiger charge is -2.22. The van der Waals surface area contributed by atoms with Crippen molar-refractivity contribution in [2.45, 2.75) is 12.8 Å². The van der Waals surface area contributed by atoms with E-state index in [1.165, 1.54) is 0 Å². The zero-order valence-corrected chi connectivity index (χ0v) is 12.1. The maximum atomic E-state index is 12.2. The van der Waals surface area contributed by atoms with Crippen molar-refractivity contribution in [3.05, 3.63) is 28.8 Å². The summed E-state index contributed by atoms with van der Waals surface area (Å²) in [6.45, 7) is 1.70. The van der Waals surface area contributed by atoms with E-state index >= 15 is 0 Å². The summed E-state index contributed by atoms with van der Waals surface area (Å²) in [5.74, 6) is -0.323. The lowest BCUT2D eigenvalue weighted by atomic mass is 9.97. The maximum absolute atomic E-state index is 12.2. The van der Waals surface area contributed by atoms with Gasteiger partial charge in [0.1, 0.15) is 0 Å². The van der Waals surface area contributed by atoms with Crippen molar-refractivity contribution >= 4 is 29.1 Å². The summed E-state index contributed by atoms with van der Waals surface area (Å²) in [5.41, 5.74) is 0.875. The molecule has 3 N–H and O–H groups in total. The van der Waals surface area contributed by atoms with Gasteiger partial charge >= 0.3 is 0 Å². The molecular formula is C14H18ClN3O2. The molecule has 1 fully saturated rings. The highest BCUT2D eigenvalue weighted by atomic mass is 35.5. The first-order valence-corrected chi connectivity index (χ1v) is 7.03. The molecular weight excluding hydrogens is 278 g/mol. The fourth-order valence-electron chi connectivity index (χ4n) is 2.27. The number of amides is 2. The number of benzene rings is 1. The molecule has 0 aromatic heterocycles. The van der Waals surface area contributed by atoms with E-state index in [4.69, 9.17) is 11.6 Å². The normalized spacial score (nSPS) is 15.7. The van der Waals surface area contributed by atoms with Crippen LogP contribution < -0.4 is 16.0 Å². The Morgan fingerprint density at radius 1 is 1.30 bits per heavy atom. The molecule has 0 atom stereocenters. The summed E-state index contributed by atoms with van der Waals surface area (Å²) >= 11 is 5.90. The molecule has 0 unspecified atom stereocenters. The van der Waals surface area contributed by atoms with Crippen molar-refractivity contribution in [3.8, 4) is 0 Å². The second-order valence-electron chi connectivity index (χ2n) is 4.78. The Balaban J connectivity index is 2.15. The van der Waals surface area contributed by atoms with Crippen LogP contribution in [0.15, 0.2) is 18.2 Å². The second-order valence-corrected chi connectivity index (χ2v) is 5.22. The Hall–Kier alpha value is -1.59. The SMILES string of the molecule is CNC(=O)c1cc(Cl)ccc1NC(=O)C1CCNCC1. The molecule has 0 bridgehead atoms. The lowest BCUT2D eigenvalue weighted by molar-refractivity contribution is -0.120. The fraction of sp³-hybridized carbons (Fsp3) is 0.429. The van der Waals surface area contributed by atoms with Crippen LogP contribution >= 0.6 is 11.6 Å². The van der Waals surface area contributed by atoms with Crippen molar-refractivity contribution in [2.75, 3.05) is 25.5 Å². The molecule has 0 saturated carbocycles. The molecule has 0 spiro atoms. The highest BCUT2D eigenvalue weighted by Crippen LogP contribution is 2.22. The van der Waals surface area contributed by atoms with E-state index in [0.29, 0.717) is 16.3 Å². The Morgan fingerprint density at radius 2 is 2.00 bits per heavy atom. The van der Waals surface area contributed by atoms with Crippen LogP contribution in [0.3, 0.4) is 0 Å². The van der Waals surface area contributed by atoms with Gasteiger partial charge in [-0.2, -0.15) is 0 Å². The molecule has 1 aromatic rings. The number of nitrogens with one attached hydrogen (secondary N) is 3. The van der Waals surface area contributed by atoms with Gasteiger partial charge in [0.15, 0.2) is 0 Å². The van der Waals surface area contributed by atoms with E-state index in [1.807, 2.05) is 0 Å². The molecule has 1 aliphatic heterocycles. The van der Waals surface area contributed by atoms with Crippen LogP contribution in [0.1, 0.15) is 23.2 Å². The molecule has 1 aliphatic rings. The third-order valence-corrected chi connectivity index (χ3v) is 3.66. The first kappa shape index (κ1) is 14.8. The minimum absolute atomic E-state index is 0.00975. The molecule has 1 aromatic carbocycles. The Kier molecular flexibility index (Phi) is 4.98. The summed E-state index contributed by atoms with van der Waals surface area (Å²) in [6, 6.07) is 4.87. The van der Waals surface area contributed by atoms with Crippen LogP contribution in [0.2, 0.25) is 5.02 Å². The average molecular weight is 296 g/mol. The summed E-state index contributed by atoms with van der Waals surface area (Å²) in [7, 11) is 1.54. The Morgan fingerprint density at radius 3 is 2.65 bits per heavy atom. The van der Waals surface area contributed by atoms with Gasteiger partial charge in [-0.3, -0.25) is 9.59 Å². The molecule has 2 rings (SSSR count). The minimum Gasteiger partial charge on any atom is -0.355 e. The Labute approximate surface area is 123 Å². The van der Waals surface area contributed by atoms with Gasteiger partial charge < -0.3 is 16.0 Å². The third-order valence-electron chi connectivity index (χ3n) is 3.42. The van der Waals surface area contributed by atoms with E-state index in [2.05, 4.69) is 16.0 Å². The fourth-order valence-corrected chi connectivity index (χ4v) is 2.44. The molecule has 2 amide bonds. The van der Waals surface area contributed by atoms with Gasteiger partial charge in [-0.25, -0.2) is 0 Å². The predicted octanol–water partition coefficient (Wildman–Crippen LogP) is 1.64. The number of carbonyl (C=O) groups excluding carboxylic acids is 2. The summed E-state index contributed by atoms with van der Waals surface area (Å²) < 4.78 is 0. The van der Waals surface area contributed by atoms with E-state index in [-0.39, 0.29) is 17.7 Å². The monoisotopic (exact) mass is 295 g/mol. The highest BCUT2D eigenvalue weighted by Gasteiger charge is 2.22. The zero-order chi connectivity index (χ0) is 14.5. The van der Waals surface area contributed by atoms with Gasteiger partial charge in [-0.05, 0) is 44.1 Å². The number of carbonyl (C=O) groups is 2. The molecule has 108 valence electrons. The van der Waals surface area contributed by atoms with Crippen LogP contribution in [-0.2, 0) is 4.79 Å². The van der Waals surface area contributed by atoms with Crippen molar-refractivity contribution in [2.24, 2.45) is 5.92 Å². The van der Waals surface area contributed by atoms with E-state index in [0.717, 1.165) is 25.9 Å². The third kappa shape index (κ3) is 3.49. The summed E-state index contributed by atoms with van der Waals surface area (Å²) in [4.78, 5) is 24.0. The molecule has 6 heteroatoms. The molecule has 1 saturated heterocycles. The number of halogens is 1. The second kappa shape index (κ2) is 6.72. The van der Waals surface area contributed by atoms with Gasteiger partial charge in [0.25, 0.3) is 5.91 Å². The lowest BCUT2D eigenvalue weighted by Crippen LogP contribution is -2.35. The number of rotatable bonds is 3. The van der Waals surface area contributed by atoms with Gasteiger partial charge in [0.2, 0.25) is 5.91 Å². The summed E-state index contributed by atoms with van der Waals surface area (Å²) in [5, 5.41) is 9.06. The first-order chi connectivity index (χ1) is 9.61. The predicted molar refractivity (Wildman–Crippen MR) is 79.1 cm³/mol. The van der Waals surface area contributed by atoms with Gasteiger partial charge in [0.05, 0.1) is 11.3 Å². The van der Waals surface area contributed by atoms with Crippen LogP contribution in [0, 0.1) is 5.92 Å². The van der Waals surface area contributed by atoms with Crippen molar-refractivity contribution in [3.63, 3.8) is 0 Å². The van der Waals surface area contributed by atoms with Gasteiger partial charge in [0, 0.05) is 18.0 Å². The van der Waals surface area contributed by atoms with E-state index in [1.54, 1.807) is 25.2 Å². The standard InChI is InChI=1S/C14H18ClN3O2/c1-16-14(20)11-8-10(15)2-3-12(11)18-13(19)9-4-6-17-7-5-9/h2-3,8-9,17H,4-7H2,1H3,(H,16,20)(H,18,19).